The first-order chi connectivity index (χ1) is 14.8. The van der Waals surface area contributed by atoms with Crippen molar-refractivity contribution in [1.29, 1.82) is 0 Å². The molecule has 162 valence electrons. The second kappa shape index (κ2) is 10.6. The molecule has 0 saturated carbocycles. The Bertz CT molecular complexity index is 1090. The van der Waals surface area contributed by atoms with Gasteiger partial charge in [0.25, 0.3) is 11.6 Å². The number of esters is 1. The zero-order chi connectivity index (χ0) is 22.4. The Hall–Kier alpha value is -2.69. The number of amides is 1. The molecule has 1 amide bonds. The molecule has 0 spiro atoms. The normalized spacial score (nSPS) is 11.8. The second-order valence-electron chi connectivity index (χ2n) is 6.44. The van der Waals surface area contributed by atoms with Gasteiger partial charge in [0.15, 0.2) is 10.4 Å². The molecule has 0 aliphatic rings. The van der Waals surface area contributed by atoms with E-state index in [0.29, 0.717) is 12.2 Å². The number of halogens is 1. The average Bonchev–Trinajstić information content (AvgIpc) is 3.15. The molecule has 0 aliphatic carbocycles. The molecular formula is C20H18ClN3O5S2. The predicted molar refractivity (Wildman–Crippen MR) is 122 cm³/mol. The van der Waals surface area contributed by atoms with E-state index in [1.54, 1.807) is 23.1 Å². The van der Waals surface area contributed by atoms with Crippen LogP contribution in [0.1, 0.15) is 19.8 Å². The number of carbonyl (C=O) groups excluding carboxylic acids is 2. The SMILES string of the molecule is C[C@H](OC(=O)CCCSc1nc2ccccc2s1)C(=O)Nc1ccc([N+](=O)[O-])cc1Cl. The lowest BCUT2D eigenvalue weighted by Crippen LogP contribution is -2.30. The van der Waals surface area contributed by atoms with E-state index >= 15 is 0 Å². The summed E-state index contributed by atoms with van der Waals surface area (Å²) in [4.78, 5) is 38.9. The van der Waals surface area contributed by atoms with E-state index in [1.165, 1.54) is 19.1 Å². The van der Waals surface area contributed by atoms with Crippen molar-refractivity contribution in [1.82, 2.24) is 4.98 Å². The summed E-state index contributed by atoms with van der Waals surface area (Å²) < 4.78 is 7.23. The van der Waals surface area contributed by atoms with Gasteiger partial charge in [-0.3, -0.25) is 19.7 Å². The molecule has 8 nitrogen and oxygen atoms in total. The number of rotatable bonds is 9. The van der Waals surface area contributed by atoms with Crippen LogP contribution in [0.5, 0.6) is 0 Å². The molecule has 31 heavy (non-hydrogen) atoms. The van der Waals surface area contributed by atoms with Crippen molar-refractivity contribution in [3.63, 3.8) is 0 Å². The lowest BCUT2D eigenvalue weighted by molar-refractivity contribution is -0.384. The lowest BCUT2D eigenvalue weighted by atomic mass is 10.2. The number of nitrogens with one attached hydrogen (secondary N) is 1. The fourth-order valence-electron chi connectivity index (χ4n) is 2.55. The highest BCUT2D eigenvalue weighted by molar-refractivity contribution is 8.01. The number of para-hydroxylation sites is 1. The van der Waals surface area contributed by atoms with Crippen LogP contribution in [0, 0.1) is 10.1 Å². The topological polar surface area (TPSA) is 111 Å². The van der Waals surface area contributed by atoms with Gasteiger partial charge in [-0.2, -0.15) is 0 Å². The number of thiazole rings is 1. The van der Waals surface area contributed by atoms with E-state index in [1.807, 2.05) is 24.3 Å². The smallest absolute Gasteiger partial charge is 0.306 e. The highest BCUT2D eigenvalue weighted by Gasteiger charge is 2.19. The highest BCUT2D eigenvalue weighted by atomic mass is 35.5. The number of nitrogens with zero attached hydrogens (tertiary/aromatic N) is 2. The highest BCUT2D eigenvalue weighted by Crippen LogP contribution is 2.30. The quantitative estimate of drug-likeness (QED) is 0.146. The average molecular weight is 480 g/mol. The number of anilines is 1. The van der Waals surface area contributed by atoms with Gasteiger partial charge < -0.3 is 10.1 Å². The third-order valence-corrected chi connectivity index (χ3v) is 6.70. The lowest BCUT2D eigenvalue weighted by Gasteiger charge is -2.14. The molecule has 0 aliphatic heterocycles. The Morgan fingerprint density at radius 1 is 1.32 bits per heavy atom. The molecule has 0 saturated heterocycles. The van der Waals surface area contributed by atoms with Crippen molar-refractivity contribution < 1.29 is 19.2 Å². The standard InChI is InChI=1S/C20H18ClN3O5S2/c1-12(19(26)22-15-9-8-13(24(27)28)11-14(15)21)29-18(25)7-4-10-30-20-23-16-5-2-3-6-17(16)31-20/h2-3,5-6,8-9,11-12H,4,7,10H2,1H3,(H,22,26)/t12-/m0/s1. The Kier molecular flexibility index (Phi) is 7.83. The molecule has 0 bridgehead atoms. The summed E-state index contributed by atoms with van der Waals surface area (Å²) in [5.41, 5.74) is 0.973. The zero-order valence-corrected chi connectivity index (χ0v) is 18.8. The van der Waals surface area contributed by atoms with E-state index in [9.17, 15) is 19.7 Å². The molecule has 3 rings (SSSR count). The van der Waals surface area contributed by atoms with Crippen LogP contribution in [0.3, 0.4) is 0 Å². The van der Waals surface area contributed by atoms with Crippen LogP contribution in [0.2, 0.25) is 5.02 Å². The molecule has 0 unspecified atom stereocenters. The monoisotopic (exact) mass is 479 g/mol. The molecule has 1 N–H and O–H groups in total. The Balaban J connectivity index is 1.41. The van der Waals surface area contributed by atoms with Crippen LogP contribution in [0.15, 0.2) is 46.8 Å². The van der Waals surface area contributed by atoms with E-state index < -0.39 is 22.9 Å². The van der Waals surface area contributed by atoms with Crippen LogP contribution >= 0.6 is 34.7 Å². The second-order valence-corrected chi connectivity index (χ2v) is 9.22. The fraction of sp³-hybridized carbons (Fsp3) is 0.250. The number of nitro groups is 1. The largest absolute Gasteiger partial charge is 0.453 e. The summed E-state index contributed by atoms with van der Waals surface area (Å²) >= 11 is 9.14. The van der Waals surface area contributed by atoms with Crippen molar-refractivity contribution in [2.45, 2.75) is 30.2 Å². The van der Waals surface area contributed by atoms with Crippen LogP contribution in [-0.4, -0.2) is 33.6 Å². The van der Waals surface area contributed by atoms with Crippen LogP contribution < -0.4 is 5.32 Å². The number of fused-ring (bicyclic) bond motifs is 1. The number of benzene rings is 2. The van der Waals surface area contributed by atoms with Crippen LogP contribution in [-0.2, 0) is 14.3 Å². The maximum Gasteiger partial charge on any atom is 0.306 e. The van der Waals surface area contributed by atoms with Crippen molar-refractivity contribution in [3.05, 3.63) is 57.6 Å². The van der Waals surface area contributed by atoms with Gasteiger partial charge in [-0.15, -0.1) is 11.3 Å². The molecule has 1 atom stereocenters. The maximum absolute atomic E-state index is 12.2. The molecule has 3 aromatic rings. The first kappa shape index (κ1) is 23.0. The van der Waals surface area contributed by atoms with Crippen molar-refractivity contribution >= 4 is 68.2 Å². The number of aromatic nitrogens is 1. The third-order valence-electron chi connectivity index (χ3n) is 4.12. The summed E-state index contributed by atoms with van der Waals surface area (Å²) in [7, 11) is 0. The number of non-ortho nitro benzene ring substituents is 1. The van der Waals surface area contributed by atoms with Gasteiger partial charge in [-0.05, 0) is 31.5 Å². The summed E-state index contributed by atoms with van der Waals surface area (Å²) in [6.45, 7) is 1.45. The molecular weight excluding hydrogens is 462 g/mol. The van der Waals surface area contributed by atoms with Crippen molar-refractivity contribution in [3.8, 4) is 0 Å². The van der Waals surface area contributed by atoms with Gasteiger partial charge in [0, 0.05) is 24.3 Å². The molecule has 1 aromatic heterocycles. The molecule has 0 radical (unpaired) electrons. The summed E-state index contributed by atoms with van der Waals surface area (Å²) in [5, 5.41) is 13.3. The van der Waals surface area contributed by atoms with Crippen molar-refractivity contribution in [2.24, 2.45) is 0 Å². The zero-order valence-electron chi connectivity index (χ0n) is 16.4. The number of thioether (sulfide) groups is 1. The van der Waals surface area contributed by atoms with Gasteiger partial charge in [0.2, 0.25) is 0 Å². The number of hydrogen-bond donors (Lipinski definition) is 1. The first-order valence-electron chi connectivity index (χ1n) is 9.26. The fourth-order valence-corrected chi connectivity index (χ4v) is 4.85. The van der Waals surface area contributed by atoms with Gasteiger partial charge in [0.05, 0.1) is 25.8 Å². The number of hydrogen-bond acceptors (Lipinski definition) is 8. The number of nitro benzene ring substituents is 1. The Morgan fingerprint density at radius 3 is 2.81 bits per heavy atom. The third kappa shape index (κ3) is 6.39. The van der Waals surface area contributed by atoms with E-state index in [-0.39, 0.29) is 22.8 Å². The van der Waals surface area contributed by atoms with Gasteiger partial charge in [0.1, 0.15) is 0 Å². The molecule has 1 heterocycles. The van der Waals surface area contributed by atoms with Crippen molar-refractivity contribution in [2.75, 3.05) is 11.1 Å². The van der Waals surface area contributed by atoms with Crippen LogP contribution in [0.4, 0.5) is 11.4 Å². The number of carbonyl (C=O) groups is 2. The Morgan fingerprint density at radius 2 is 2.10 bits per heavy atom. The summed E-state index contributed by atoms with van der Waals surface area (Å²) in [6, 6.07) is 11.6. The minimum Gasteiger partial charge on any atom is -0.453 e. The van der Waals surface area contributed by atoms with Gasteiger partial charge in [-0.25, -0.2) is 4.98 Å². The minimum atomic E-state index is -1.03. The summed E-state index contributed by atoms with van der Waals surface area (Å²) in [5.74, 6) is -0.358. The summed E-state index contributed by atoms with van der Waals surface area (Å²) in [6.07, 6.45) is -0.272. The minimum absolute atomic E-state index is 0.0212. The Labute approximate surface area is 191 Å². The predicted octanol–water partition coefficient (Wildman–Crippen LogP) is 5.30. The maximum atomic E-state index is 12.2. The molecule has 11 heteroatoms. The molecule has 0 fully saturated rings. The van der Waals surface area contributed by atoms with E-state index in [0.717, 1.165) is 20.6 Å². The van der Waals surface area contributed by atoms with Gasteiger partial charge >= 0.3 is 5.97 Å². The van der Waals surface area contributed by atoms with Crippen LogP contribution in [0.25, 0.3) is 10.2 Å². The number of ether oxygens (including phenoxy) is 1. The van der Waals surface area contributed by atoms with E-state index in [2.05, 4.69) is 10.3 Å². The van der Waals surface area contributed by atoms with E-state index in [4.69, 9.17) is 16.3 Å². The molecule has 2 aromatic carbocycles. The van der Waals surface area contributed by atoms with Gasteiger partial charge in [-0.1, -0.05) is 35.5 Å². The first-order valence-corrected chi connectivity index (χ1v) is 11.4.